The fourth-order valence-electron chi connectivity index (χ4n) is 1.90. The quantitative estimate of drug-likeness (QED) is 0.561. The molecule has 0 saturated carbocycles. The smallest absolute Gasteiger partial charge is 0.324 e. The first-order chi connectivity index (χ1) is 7.66. The van der Waals surface area contributed by atoms with Gasteiger partial charge in [0.15, 0.2) is 6.23 Å². The zero-order chi connectivity index (χ0) is 11.5. The number of ether oxygens (including phenoxy) is 1. The molecule has 6 heteroatoms. The summed E-state index contributed by atoms with van der Waals surface area (Å²) in [6, 6.07) is -0.798. The van der Waals surface area contributed by atoms with Crippen molar-refractivity contribution in [2.75, 3.05) is 6.54 Å². The van der Waals surface area contributed by atoms with Gasteiger partial charge in [-0.15, -0.1) is 0 Å². The normalized spacial score (nSPS) is 33.9. The molecule has 2 aliphatic heterocycles. The third-order valence-corrected chi connectivity index (χ3v) is 3.01. The van der Waals surface area contributed by atoms with E-state index in [1.807, 2.05) is 0 Å². The molecule has 0 aromatic heterocycles. The number of hydrogen-bond acceptors (Lipinski definition) is 5. The fraction of sp³-hybridized carbons (Fsp3) is 0.800. The molecule has 0 amide bonds. The number of carbonyl (C=O) groups is 2. The molecule has 3 atom stereocenters. The molecule has 2 rings (SSSR count). The van der Waals surface area contributed by atoms with Crippen molar-refractivity contribution >= 4 is 11.9 Å². The lowest BCUT2D eigenvalue weighted by Crippen LogP contribution is -2.54. The number of piperidine rings is 1. The van der Waals surface area contributed by atoms with Gasteiger partial charge < -0.3 is 15.2 Å². The third kappa shape index (κ3) is 2.51. The van der Waals surface area contributed by atoms with E-state index in [9.17, 15) is 9.59 Å². The van der Waals surface area contributed by atoms with Crippen molar-refractivity contribution in [2.24, 2.45) is 0 Å². The maximum Gasteiger partial charge on any atom is 0.324 e. The van der Waals surface area contributed by atoms with E-state index in [0.29, 0.717) is 12.8 Å². The molecule has 2 heterocycles. The van der Waals surface area contributed by atoms with Gasteiger partial charge in [0, 0.05) is 0 Å². The summed E-state index contributed by atoms with van der Waals surface area (Å²) in [5, 5.41) is 14.6. The van der Waals surface area contributed by atoms with Crippen LogP contribution in [0.3, 0.4) is 0 Å². The summed E-state index contributed by atoms with van der Waals surface area (Å²) in [5.74, 6) is -1.17. The van der Waals surface area contributed by atoms with E-state index in [0.717, 1.165) is 19.4 Å². The molecule has 2 aliphatic rings. The first-order valence-electron chi connectivity index (χ1n) is 5.59. The zero-order valence-corrected chi connectivity index (χ0v) is 8.94. The van der Waals surface area contributed by atoms with Crippen LogP contribution in [0.4, 0.5) is 0 Å². The van der Waals surface area contributed by atoms with Crippen LogP contribution in [0.15, 0.2) is 0 Å². The second-order valence-corrected chi connectivity index (χ2v) is 4.21. The van der Waals surface area contributed by atoms with Crippen LogP contribution in [-0.2, 0) is 14.3 Å². The third-order valence-electron chi connectivity index (χ3n) is 3.01. The molecule has 90 valence electrons. The van der Waals surface area contributed by atoms with E-state index in [1.165, 1.54) is 0 Å². The Morgan fingerprint density at radius 3 is 2.50 bits per heavy atom. The van der Waals surface area contributed by atoms with Crippen molar-refractivity contribution in [2.45, 2.75) is 44.0 Å². The van der Waals surface area contributed by atoms with Crippen molar-refractivity contribution in [3.8, 4) is 0 Å². The molecule has 2 unspecified atom stereocenters. The largest absolute Gasteiger partial charge is 0.480 e. The SMILES string of the molecule is O=C(O)C1CCCC(OC(=O)[C@@H]2CCN2)N1. The number of carbonyl (C=O) groups excluding carboxylic acids is 1. The summed E-state index contributed by atoms with van der Waals surface area (Å²) in [4.78, 5) is 22.3. The summed E-state index contributed by atoms with van der Waals surface area (Å²) < 4.78 is 5.20. The Labute approximate surface area is 93.3 Å². The van der Waals surface area contributed by atoms with E-state index in [-0.39, 0.29) is 12.0 Å². The van der Waals surface area contributed by atoms with Gasteiger partial charge in [-0.2, -0.15) is 0 Å². The molecule has 2 saturated heterocycles. The van der Waals surface area contributed by atoms with Crippen LogP contribution in [0.1, 0.15) is 25.7 Å². The number of nitrogens with one attached hydrogen (secondary N) is 2. The summed E-state index contributed by atoms with van der Waals surface area (Å²) in [7, 11) is 0. The molecule has 6 nitrogen and oxygen atoms in total. The number of carboxylic acid groups (broad SMARTS) is 1. The van der Waals surface area contributed by atoms with Gasteiger partial charge >= 0.3 is 11.9 Å². The Morgan fingerprint density at radius 1 is 1.19 bits per heavy atom. The van der Waals surface area contributed by atoms with Gasteiger partial charge in [0.05, 0.1) is 0 Å². The summed E-state index contributed by atoms with van der Waals surface area (Å²) in [6.07, 6.45) is 2.38. The molecule has 0 bridgehead atoms. The molecular weight excluding hydrogens is 212 g/mol. The number of rotatable bonds is 3. The maximum absolute atomic E-state index is 11.5. The highest BCUT2D eigenvalue weighted by Gasteiger charge is 2.32. The Morgan fingerprint density at radius 2 is 1.94 bits per heavy atom. The molecule has 0 aromatic carbocycles. The number of carboxylic acids is 1. The van der Waals surface area contributed by atoms with Crippen LogP contribution >= 0.6 is 0 Å². The molecular formula is C10H16N2O4. The minimum atomic E-state index is -0.887. The van der Waals surface area contributed by atoms with E-state index in [1.54, 1.807) is 0 Å². The Kier molecular flexibility index (Phi) is 3.40. The van der Waals surface area contributed by atoms with Crippen LogP contribution < -0.4 is 10.6 Å². The highest BCUT2D eigenvalue weighted by Crippen LogP contribution is 2.15. The molecule has 16 heavy (non-hydrogen) atoms. The van der Waals surface area contributed by atoms with Gasteiger partial charge in [-0.25, -0.2) is 0 Å². The van der Waals surface area contributed by atoms with Crippen molar-refractivity contribution in [3.05, 3.63) is 0 Å². The van der Waals surface area contributed by atoms with Crippen LogP contribution in [-0.4, -0.2) is 41.9 Å². The minimum absolute atomic E-state index is 0.202. The molecule has 0 radical (unpaired) electrons. The van der Waals surface area contributed by atoms with E-state index in [2.05, 4.69) is 10.6 Å². The first-order valence-corrected chi connectivity index (χ1v) is 5.59. The van der Waals surface area contributed by atoms with Gasteiger partial charge in [0.2, 0.25) is 0 Å². The maximum atomic E-state index is 11.5. The fourth-order valence-corrected chi connectivity index (χ4v) is 1.90. The van der Waals surface area contributed by atoms with Crippen molar-refractivity contribution in [3.63, 3.8) is 0 Å². The average molecular weight is 228 g/mol. The molecule has 0 aliphatic carbocycles. The highest BCUT2D eigenvalue weighted by atomic mass is 16.6. The average Bonchev–Trinajstić information content (AvgIpc) is 2.15. The lowest BCUT2D eigenvalue weighted by atomic mass is 10.0. The van der Waals surface area contributed by atoms with Gasteiger partial charge in [-0.05, 0) is 32.2 Å². The van der Waals surface area contributed by atoms with E-state index < -0.39 is 18.2 Å². The Bertz CT molecular complexity index is 291. The second-order valence-electron chi connectivity index (χ2n) is 4.21. The van der Waals surface area contributed by atoms with Crippen molar-refractivity contribution in [1.29, 1.82) is 0 Å². The molecule has 2 fully saturated rings. The lowest BCUT2D eigenvalue weighted by Gasteiger charge is -2.31. The number of aliphatic carboxylic acids is 1. The lowest BCUT2D eigenvalue weighted by molar-refractivity contribution is -0.160. The van der Waals surface area contributed by atoms with E-state index in [4.69, 9.17) is 9.84 Å². The van der Waals surface area contributed by atoms with Gasteiger partial charge in [0.25, 0.3) is 0 Å². The summed E-state index contributed by atoms with van der Waals surface area (Å²) >= 11 is 0. The van der Waals surface area contributed by atoms with Crippen LogP contribution in [0.5, 0.6) is 0 Å². The Balaban J connectivity index is 1.80. The first kappa shape index (κ1) is 11.3. The zero-order valence-electron chi connectivity index (χ0n) is 8.94. The number of esters is 1. The second kappa shape index (κ2) is 4.80. The van der Waals surface area contributed by atoms with Crippen molar-refractivity contribution < 1.29 is 19.4 Å². The van der Waals surface area contributed by atoms with Gasteiger partial charge in [0.1, 0.15) is 12.1 Å². The molecule has 0 aromatic rings. The van der Waals surface area contributed by atoms with Crippen LogP contribution in [0, 0.1) is 0 Å². The van der Waals surface area contributed by atoms with Gasteiger partial charge in [-0.3, -0.25) is 14.9 Å². The molecule has 0 spiro atoms. The minimum Gasteiger partial charge on any atom is -0.480 e. The highest BCUT2D eigenvalue weighted by molar-refractivity contribution is 5.77. The van der Waals surface area contributed by atoms with Gasteiger partial charge in [-0.1, -0.05) is 0 Å². The Hall–Kier alpha value is -1.14. The topological polar surface area (TPSA) is 87.7 Å². The van der Waals surface area contributed by atoms with Crippen molar-refractivity contribution in [1.82, 2.24) is 10.6 Å². The monoisotopic (exact) mass is 228 g/mol. The standard InChI is InChI=1S/C10H16N2O4/c13-9(14)6-2-1-3-8(12-6)16-10(15)7-4-5-11-7/h6-8,11-12H,1-5H2,(H,13,14)/t6?,7-,8?/m0/s1. The van der Waals surface area contributed by atoms with Crippen LogP contribution in [0.25, 0.3) is 0 Å². The summed E-state index contributed by atoms with van der Waals surface area (Å²) in [6.45, 7) is 0.843. The predicted molar refractivity (Wildman–Crippen MR) is 54.7 cm³/mol. The summed E-state index contributed by atoms with van der Waals surface area (Å²) in [5.41, 5.74) is 0. The van der Waals surface area contributed by atoms with E-state index >= 15 is 0 Å². The predicted octanol–water partition coefficient (Wildman–Crippen LogP) is -0.556. The van der Waals surface area contributed by atoms with Crippen LogP contribution in [0.2, 0.25) is 0 Å². The number of hydrogen-bond donors (Lipinski definition) is 3. The molecule has 3 N–H and O–H groups in total.